The average Bonchev–Trinajstić information content (AvgIpc) is 3.22. The Morgan fingerprint density at radius 1 is 1.15 bits per heavy atom. The van der Waals surface area contributed by atoms with E-state index in [0.717, 1.165) is 0 Å². The number of methoxy groups -OCH3 is 1. The Hall–Kier alpha value is -3.06. The van der Waals surface area contributed by atoms with Crippen molar-refractivity contribution in [2.75, 3.05) is 12.0 Å². The maximum Gasteiger partial charge on any atom is 0.328 e. The van der Waals surface area contributed by atoms with E-state index in [1.165, 1.54) is 23.3 Å². The number of hydrogen-bond acceptors (Lipinski definition) is 6. The minimum Gasteiger partial charge on any atom is -0.467 e. The van der Waals surface area contributed by atoms with Gasteiger partial charge < -0.3 is 4.74 Å². The number of carbonyl (C=O) groups is 2. The smallest absolute Gasteiger partial charge is 0.328 e. The van der Waals surface area contributed by atoms with Gasteiger partial charge >= 0.3 is 5.97 Å². The van der Waals surface area contributed by atoms with Gasteiger partial charge in [0.05, 0.1) is 12.8 Å². The molecule has 1 amide bonds. The molecular formula is C20H19N3O3S. The van der Waals surface area contributed by atoms with Crippen LogP contribution in [0.2, 0.25) is 0 Å². The van der Waals surface area contributed by atoms with Crippen LogP contribution < -0.4 is 4.90 Å². The second kappa shape index (κ2) is 8.55. The second-order valence-electron chi connectivity index (χ2n) is 5.71. The number of aromatic nitrogens is 2. The number of esters is 1. The Morgan fingerprint density at radius 3 is 2.52 bits per heavy atom. The Balaban J connectivity index is 1.98. The van der Waals surface area contributed by atoms with Crippen molar-refractivity contribution >= 4 is 28.9 Å². The summed E-state index contributed by atoms with van der Waals surface area (Å²) in [5.41, 5.74) is 1.59. The zero-order valence-corrected chi connectivity index (χ0v) is 15.8. The van der Waals surface area contributed by atoms with Gasteiger partial charge in [0.15, 0.2) is 0 Å². The largest absolute Gasteiger partial charge is 0.467 e. The molecule has 2 aromatic heterocycles. The summed E-state index contributed by atoms with van der Waals surface area (Å²) in [4.78, 5) is 35.7. The number of para-hydroxylation sites is 1. The van der Waals surface area contributed by atoms with Gasteiger partial charge in [0.2, 0.25) is 0 Å². The molecule has 7 heteroatoms. The predicted octanol–water partition coefficient (Wildman–Crippen LogP) is 3.80. The van der Waals surface area contributed by atoms with Crippen LogP contribution in [0.5, 0.6) is 0 Å². The first kappa shape index (κ1) is 18.7. The molecule has 1 unspecified atom stereocenters. The van der Waals surface area contributed by atoms with E-state index in [1.54, 1.807) is 23.7 Å². The van der Waals surface area contributed by atoms with Gasteiger partial charge in [-0.1, -0.05) is 31.2 Å². The zero-order chi connectivity index (χ0) is 19.2. The van der Waals surface area contributed by atoms with E-state index in [9.17, 15) is 9.59 Å². The molecule has 0 aliphatic carbocycles. The summed E-state index contributed by atoms with van der Waals surface area (Å²) in [6, 6.07) is 13.9. The normalized spacial score (nSPS) is 11.6. The molecule has 0 fully saturated rings. The van der Waals surface area contributed by atoms with Crippen molar-refractivity contribution < 1.29 is 14.3 Å². The molecular weight excluding hydrogens is 362 g/mol. The van der Waals surface area contributed by atoms with E-state index < -0.39 is 12.0 Å². The SMILES string of the molecule is CCC(C(=O)OC)N(C(=O)c1csc(-c2ccccn2)n1)c1ccccc1. The molecule has 0 N–H and O–H groups in total. The highest BCUT2D eigenvalue weighted by molar-refractivity contribution is 7.13. The Kier molecular flexibility index (Phi) is 5.93. The molecule has 27 heavy (non-hydrogen) atoms. The van der Waals surface area contributed by atoms with E-state index in [-0.39, 0.29) is 11.6 Å². The van der Waals surface area contributed by atoms with Crippen molar-refractivity contribution in [3.8, 4) is 10.7 Å². The first-order valence-electron chi connectivity index (χ1n) is 8.49. The third-order valence-electron chi connectivity index (χ3n) is 4.03. The number of amides is 1. The summed E-state index contributed by atoms with van der Waals surface area (Å²) in [6.07, 6.45) is 2.10. The van der Waals surface area contributed by atoms with Gasteiger partial charge in [0, 0.05) is 17.3 Å². The van der Waals surface area contributed by atoms with Gasteiger partial charge in [-0.2, -0.15) is 0 Å². The van der Waals surface area contributed by atoms with E-state index in [0.29, 0.717) is 22.8 Å². The van der Waals surface area contributed by atoms with E-state index in [4.69, 9.17) is 4.74 Å². The van der Waals surface area contributed by atoms with Crippen LogP contribution in [-0.4, -0.2) is 35.0 Å². The van der Waals surface area contributed by atoms with Crippen LogP contribution in [0, 0.1) is 0 Å². The summed E-state index contributed by atoms with van der Waals surface area (Å²) in [5, 5.41) is 2.34. The van der Waals surface area contributed by atoms with Crippen LogP contribution in [-0.2, 0) is 9.53 Å². The predicted molar refractivity (Wildman–Crippen MR) is 105 cm³/mol. The highest BCUT2D eigenvalue weighted by Gasteiger charge is 2.32. The first-order chi connectivity index (χ1) is 13.2. The highest BCUT2D eigenvalue weighted by Crippen LogP contribution is 2.26. The number of hydrogen-bond donors (Lipinski definition) is 0. The average molecular weight is 381 g/mol. The summed E-state index contributed by atoms with van der Waals surface area (Å²) >= 11 is 1.34. The van der Waals surface area contributed by atoms with Crippen LogP contribution >= 0.6 is 11.3 Å². The lowest BCUT2D eigenvalue weighted by molar-refractivity contribution is -0.142. The lowest BCUT2D eigenvalue weighted by Crippen LogP contribution is -2.45. The molecule has 3 aromatic rings. The molecule has 0 aliphatic rings. The summed E-state index contributed by atoms with van der Waals surface area (Å²) in [7, 11) is 1.32. The van der Waals surface area contributed by atoms with Crippen molar-refractivity contribution in [1.82, 2.24) is 9.97 Å². The topological polar surface area (TPSA) is 72.4 Å². The number of nitrogens with zero attached hydrogens (tertiary/aromatic N) is 3. The lowest BCUT2D eigenvalue weighted by atomic mass is 10.1. The number of anilines is 1. The molecule has 0 aliphatic heterocycles. The third-order valence-corrected chi connectivity index (χ3v) is 4.90. The Morgan fingerprint density at radius 2 is 1.89 bits per heavy atom. The number of pyridine rings is 1. The quantitative estimate of drug-likeness (QED) is 0.607. The fourth-order valence-electron chi connectivity index (χ4n) is 2.72. The molecule has 0 saturated carbocycles. The van der Waals surface area contributed by atoms with Crippen molar-refractivity contribution in [3.63, 3.8) is 0 Å². The fraction of sp³-hybridized carbons (Fsp3) is 0.200. The molecule has 2 heterocycles. The number of benzene rings is 1. The van der Waals surface area contributed by atoms with Crippen molar-refractivity contribution in [3.05, 3.63) is 65.8 Å². The summed E-state index contributed by atoms with van der Waals surface area (Å²) in [5.74, 6) is -0.813. The van der Waals surface area contributed by atoms with Gasteiger partial charge in [-0.25, -0.2) is 9.78 Å². The van der Waals surface area contributed by atoms with Crippen LogP contribution in [0.4, 0.5) is 5.69 Å². The maximum atomic E-state index is 13.3. The van der Waals surface area contributed by atoms with Gasteiger partial charge in [0.1, 0.15) is 16.7 Å². The first-order valence-corrected chi connectivity index (χ1v) is 9.37. The van der Waals surface area contributed by atoms with Crippen LogP contribution in [0.25, 0.3) is 10.7 Å². The van der Waals surface area contributed by atoms with Crippen LogP contribution in [0.3, 0.4) is 0 Å². The molecule has 6 nitrogen and oxygen atoms in total. The van der Waals surface area contributed by atoms with Gasteiger partial charge in [-0.05, 0) is 30.7 Å². The van der Waals surface area contributed by atoms with E-state index in [1.807, 2.05) is 43.3 Å². The minimum absolute atomic E-state index is 0.270. The molecule has 138 valence electrons. The molecule has 1 aromatic carbocycles. The van der Waals surface area contributed by atoms with E-state index in [2.05, 4.69) is 9.97 Å². The molecule has 0 bridgehead atoms. The number of thiazole rings is 1. The standard InChI is InChI=1S/C20H19N3O3S/c1-3-17(20(25)26-2)23(14-9-5-4-6-10-14)19(24)16-13-27-18(22-16)15-11-7-8-12-21-15/h4-13,17H,3H2,1-2H3. The summed E-state index contributed by atoms with van der Waals surface area (Å²) < 4.78 is 4.91. The van der Waals surface area contributed by atoms with Crippen LogP contribution in [0.15, 0.2) is 60.1 Å². The monoisotopic (exact) mass is 381 g/mol. The highest BCUT2D eigenvalue weighted by atomic mass is 32.1. The molecule has 0 spiro atoms. The molecule has 0 saturated heterocycles. The Bertz CT molecular complexity index is 912. The molecule has 0 radical (unpaired) electrons. The summed E-state index contributed by atoms with van der Waals surface area (Å²) in [6.45, 7) is 1.84. The third kappa shape index (κ3) is 4.03. The van der Waals surface area contributed by atoms with Crippen molar-refractivity contribution in [2.45, 2.75) is 19.4 Å². The second-order valence-corrected chi connectivity index (χ2v) is 6.57. The molecule has 1 atom stereocenters. The van der Waals surface area contributed by atoms with Crippen molar-refractivity contribution in [1.29, 1.82) is 0 Å². The Labute approximate surface area is 161 Å². The van der Waals surface area contributed by atoms with E-state index >= 15 is 0 Å². The number of rotatable bonds is 6. The van der Waals surface area contributed by atoms with Crippen LogP contribution in [0.1, 0.15) is 23.8 Å². The fourth-order valence-corrected chi connectivity index (χ4v) is 3.49. The van der Waals surface area contributed by atoms with Gasteiger partial charge in [0.25, 0.3) is 5.91 Å². The lowest BCUT2D eigenvalue weighted by Gasteiger charge is -2.28. The molecule has 3 rings (SSSR count). The number of carbonyl (C=O) groups excluding carboxylic acids is 2. The zero-order valence-electron chi connectivity index (χ0n) is 15.0. The van der Waals surface area contributed by atoms with Gasteiger partial charge in [-0.3, -0.25) is 14.7 Å². The maximum absolute atomic E-state index is 13.3. The van der Waals surface area contributed by atoms with Gasteiger partial charge in [-0.15, -0.1) is 11.3 Å². The van der Waals surface area contributed by atoms with Crippen molar-refractivity contribution in [2.24, 2.45) is 0 Å². The minimum atomic E-state index is -0.732. The number of ether oxygens (including phenoxy) is 1.